The number of esters is 1. The summed E-state index contributed by atoms with van der Waals surface area (Å²) in [5.41, 5.74) is 3.28. The molecule has 0 amide bonds. The van der Waals surface area contributed by atoms with Crippen LogP contribution in [0.2, 0.25) is 10.0 Å². The average Bonchev–Trinajstić information content (AvgIpc) is 2.93. The third kappa shape index (κ3) is 3.65. The Morgan fingerprint density at radius 3 is 2.50 bits per heavy atom. The summed E-state index contributed by atoms with van der Waals surface area (Å²) in [6, 6.07) is 12.9. The molecule has 3 rings (SSSR count). The lowest BCUT2D eigenvalue weighted by Gasteiger charge is -2.11. The van der Waals surface area contributed by atoms with Gasteiger partial charge in [0, 0.05) is 20.6 Å². The van der Waals surface area contributed by atoms with Gasteiger partial charge in [0.2, 0.25) is 0 Å². The van der Waals surface area contributed by atoms with Crippen molar-refractivity contribution in [2.24, 2.45) is 0 Å². The molecule has 0 saturated carbocycles. The van der Waals surface area contributed by atoms with Crippen molar-refractivity contribution in [1.29, 1.82) is 0 Å². The number of hydrogen-bond donors (Lipinski definition) is 0. The maximum absolute atomic E-state index is 12.3. The van der Waals surface area contributed by atoms with Crippen LogP contribution >= 0.6 is 39.1 Å². The molecule has 0 radical (unpaired) electrons. The summed E-state index contributed by atoms with van der Waals surface area (Å²) in [5.74, 6) is -0.466. The van der Waals surface area contributed by atoms with E-state index in [4.69, 9.17) is 27.9 Å². The molecule has 134 valence electrons. The number of carbonyl (C=O) groups excluding carboxylic acids is 1. The molecule has 3 aromatic rings. The van der Waals surface area contributed by atoms with Crippen molar-refractivity contribution in [3.8, 4) is 16.9 Å². The van der Waals surface area contributed by atoms with Crippen LogP contribution in [0.3, 0.4) is 0 Å². The van der Waals surface area contributed by atoms with E-state index in [1.54, 1.807) is 29.8 Å². The third-order valence-electron chi connectivity index (χ3n) is 3.85. The monoisotopic (exact) mass is 452 g/mol. The number of carbonyl (C=O) groups is 1. The second-order valence-corrected chi connectivity index (χ2v) is 7.32. The number of halogens is 3. The standard InChI is InChI=1S/C19H15BrCl2N2O2/c1-3-26-19(25)17-11(2)18(12-4-6-13(20)7-5-12)24(23-17)16-9-8-14(21)10-15(16)22/h4-10H,3H2,1-2H3. The van der Waals surface area contributed by atoms with E-state index in [0.29, 0.717) is 15.7 Å². The Labute approximate surface area is 169 Å². The van der Waals surface area contributed by atoms with E-state index < -0.39 is 5.97 Å². The highest BCUT2D eigenvalue weighted by molar-refractivity contribution is 9.10. The number of ether oxygens (including phenoxy) is 1. The van der Waals surface area contributed by atoms with Crippen molar-refractivity contribution in [2.75, 3.05) is 6.61 Å². The largest absolute Gasteiger partial charge is 0.461 e. The molecular weight excluding hydrogens is 439 g/mol. The van der Waals surface area contributed by atoms with Crippen LogP contribution < -0.4 is 0 Å². The zero-order chi connectivity index (χ0) is 18.8. The van der Waals surface area contributed by atoms with E-state index >= 15 is 0 Å². The van der Waals surface area contributed by atoms with Crippen LogP contribution in [0.4, 0.5) is 0 Å². The number of aromatic nitrogens is 2. The molecule has 0 spiro atoms. The van der Waals surface area contributed by atoms with Crippen molar-refractivity contribution in [2.45, 2.75) is 13.8 Å². The minimum atomic E-state index is -0.466. The van der Waals surface area contributed by atoms with Gasteiger partial charge >= 0.3 is 5.97 Å². The molecule has 0 aliphatic heterocycles. The minimum Gasteiger partial charge on any atom is -0.461 e. The van der Waals surface area contributed by atoms with Gasteiger partial charge < -0.3 is 4.74 Å². The van der Waals surface area contributed by atoms with Crippen LogP contribution in [0.1, 0.15) is 23.0 Å². The average molecular weight is 454 g/mol. The van der Waals surface area contributed by atoms with Gasteiger partial charge in [0.15, 0.2) is 5.69 Å². The summed E-state index contributed by atoms with van der Waals surface area (Å²) in [7, 11) is 0. The molecule has 0 unspecified atom stereocenters. The van der Waals surface area contributed by atoms with Gasteiger partial charge in [-0.05, 0) is 44.2 Å². The van der Waals surface area contributed by atoms with Crippen molar-refractivity contribution in [3.05, 3.63) is 68.2 Å². The molecule has 1 heterocycles. The molecule has 0 fully saturated rings. The van der Waals surface area contributed by atoms with Gasteiger partial charge in [0.05, 0.1) is 23.0 Å². The van der Waals surface area contributed by atoms with E-state index in [0.717, 1.165) is 21.3 Å². The molecule has 7 heteroatoms. The fourth-order valence-electron chi connectivity index (χ4n) is 2.66. The Balaban J connectivity index is 2.26. The molecule has 0 aliphatic rings. The van der Waals surface area contributed by atoms with E-state index in [1.807, 2.05) is 31.2 Å². The Bertz CT molecular complexity index is 968. The minimum absolute atomic E-state index is 0.260. The fourth-order valence-corrected chi connectivity index (χ4v) is 3.42. The number of hydrogen-bond acceptors (Lipinski definition) is 3. The number of nitrogens with zero attached hydrogens (tertiary/aromatic N) is 2. The zero-order valence-corrected chi connectivity index (χ0v) is 17.2. The smallest absolute Gasteiger partial charge is 0.359 e. The molecule has 2 aromatic carbocycles. The molecule has 0 N–H and O–H groups in total. The Hall–Kier alpha value is -1.82. The topological polar surface area (TPSA) is 44.1 Å². The third-order valence-corrected chi connectivity index (χ3v) is 4.91. The van der Waals surface area contributed by atoms with E-state index in [9.17, 15) is 4.79 Å². The molecule has 26 heavy (non-hydrogen) atoms. The van der Waals surface area contributed by atoms with Crippen LogP contribution in [0.25, 0.3) is 16.9 Å². The maximum atomic E-state index is 12.3. The highest BCUT2D eigenvalue weighted by Gasteiger charge is 2.23. The number of rotatable bonds is 4. The second kappa shape index (κ2) is 7.82. The lowest BCUT2D eigenvalue weighted by Crippen LogP contribution is -2.08. The Morgan fingerprint density at radius 1 is 1.19 bits per heavy atom. The van der Waals surface area contributed by atoms with Crippen LogP contribution in [0.5, 0.6) is 0 Å². The first-order chi connectivity index (χ1) is 12.4. The molecule has 1 aromatic heterocycles. The summed E-state index contributed by atoms with van der Waals surface area (Å²) < 4.78 is 7.76. The number of benzene rings is 2. The van der Waals surface area contributed by atoms with Gasteiger partial charge in [-0.1, -0.05) is 51.3 Å². The normalized spacial score (nSPS) is 10.8. The lowest BCUT2D eigenvalue weighted by atomic mass is 10.1. The summed E-state index contributed by atoms with van der Waals surface area (Å²) in [5, 5.41) is 5.46. The van der Waals surface area contributed by atoms with E-state index in [1.165, 1.54) is 0 Å². The van der Waals surface area contributed by atoms with Crippen LogP contribution in [-0.2, 0) is 4.74 Å². The lowest BCUT2D eigenvalue weighted by molar-refractivity contribution is 0.0518. The van der Waals surface area contributed by atoms with Crippen molar-refractivity contribution in [3.63, 3.8) is 0 Å². The summed E-state index contributed by atoms with van der Waals surface area (Å²) in [4.78, 5) is 12.3. The maximum Gasteiger partial charge on any atom is 0.359 e. The Kier molecular flexibility index (Phi) is 5.70. The van der Waals surface area contributed by atoms with Crippen LogP contribution in [0.15, 0.2) is 46.9 Å². The quantitative estimate of drug-likeness (QED) is 0.448. The summed E-state index contributed by atoms with van der Waals surface area (Å²) >= 11 is 15.8. The van der Waals surface area contributed by atoms with Crippen LogP contribution in [-0.4, -0.2) is 22.4 Å². The van der Waals surface area contributed by atoms with Gasteiger partial charge in [-0.2, -0.15) is 5.10 Å². The molecule has 0 saturated heterocycles. The van der Waals surface area contributed by atoms with Gasteiger partial charge in [-0.25, -0.2) is 9.48 Å². The highest BCUT2D eigenvalue weighted by Crippen LogP contribution is 2.33. The predicted molar refractivity (Wildman–Crippen MR) is 107 cm³/mol. The van der Waals surface area contributed by atoms with Crippen molar-refractivity contribution < 1.29 is 9.53 Å². The fraction of sp³-hybridized carbons (Fsp3) is 0.158. The molecule has 0 aliphatic carbocycles. The van der Waals surface area contributed by atoms with Crippen molar-refractivity contribution in [1.82, 2.24) is 9.78 Å². The summed E-state index contributed by atoms with van der Waals surface area (Å²) in [6.07, 6.45) is 0. The van der Waals surface area contributed by atoms with Gasteiger partial charge in [-0.3, -0.25) is 0 Å². The Morgan fingerprint density at radius 2 is 1.88 bits per heavy atom. The first-order valence-electron chi connectivity index (χ1n) is 7.90. The first-order valence-corrected chi connectivity index (χ1v) is 9.45. The van der Waals surface area contributed by atoms with Gasteiger partial charge in [0.1, 0.15) is 0 Å². The zero-order valence-electron chi connectivity index (χ0n) is 14.1. The first kappa shape index (κ1) is 19.0. The molecule has 0 bridgehead atoms. The van der Waals surface area contributed by atoms with E-state index in [2.05, 4.69) is 21.0 Å². The SMILES string of the molecule is CCOC(=O)c1nn(-c2ccc(Cl)cc2Cl)c(-c2ccc(Br)cc2)c1C. The second-order valence-electron chi connectivity index (χ2n) is 5.56. The van der Waals surface area contributed by atoms with Crippen molar-refractivity contribution >= 4 is 45.1 Å². The summed E-state index contributed by atoms with van der Waals surface area (Å²) in [6.45, 7) is 3.88. The van der Waals surface area contributed by atoms with Crippen LogP contribution in [0, 0.1) is 6.92 Å². The molecule has 4 nitrogen and oxygen atoms in total. The predicted octanol–water partition coefficient (Wildman–Crippen LogP) is 6.09. The van der Waals surface area contributed by atoms with Gasteiger partial charge in [-0.15, -0.1) is 0 Å². The molecular formula is C19H15BrCl2N2O2. The van der Waals surface area contributed by atoms with Gasteiger partial charge in [0.25, 0.3) is 0 Å². The highest BCUT2D eigenvalue weighted by atomic mass is 79.9. The van der Waals surface area contributed by atoms with E-state index in [-0.39, 0.29) is 12.3 Å². The molecule has 0 atom stereocenters.